The average Bonchev–Trinajstić information content (AvgIpc) is 2.76. The van der Waals surface area contributed by atoms with Crippen LogP contribution in [-0.2, 0) is 0 Å². The molecule has 0 spiro atoms. The SMILES string of the molecule is Cc1cc(C)c2c(N)c(C(O)c3ccc(O)cc3)sc2n1. The topological polar surface area (TPSA) is 79.4 Å². The number of aliphatic hydroxyl groups is 1. The number of rotatable bonds is 2. The highest BCUT2D eigenvalue weighted by molar-refractivity contribution is 7.19. The van der Waals surface area contributed by atoms with Gasteiger partial charge in [-0.25, -0.2) is 4.98 Å². The van der Waals surface area contributed by atoms with Crippen molar-refractivity contribution < 1.29 is 10.2 Å². The molecule has 108 valence electrons. The van der Waals surface area contributed by atoms with Crippen LogP contribution >= 0.6 is 11.3 Å². The third-order valence-corrected chi connectivity index (χ3v) is 4.66. The van der Waals surface area contributed by atoms with Gasteiger partial charge in [0, 0.05) is 11.1 Å². The van der Waals surface area contributed by atoms with Crippen molar-refractivity contribution in [1.82, 2.24) is 4.98 Å². The Morgan fingerprint density at radius 1 is 1.19 bits per heavy atom. The molecule has 2 heterocycles. The molecule has 0 bridgehead atoms. The molecule has 1 aromatic carbocycles. The molecule has 2 aromatic heterocycles. The van der Waals surface area contributed by atoms with E-state index in [4.69, 9.17) is 5.73 Å². The number of pyridine rings is 1. The van der Waals surface area contributed by atoms with Gasteiger partial charge in [-0.3, -0.25) is 0 Å². The number of nitrogen functional groups attached to an aromatic ring is 1. The lowest BCUT2D eigenvalue weighted by Gasteiger charge is -2.10. The minimum atomic E-state index is -0.815. The Labute approximate surface area is 126 Å². The summed E-state index contributed by atoms with van der Waals surface area (Å²) in [7, 11) is 0. The molecule has 0 saturated heterocycles. The Kier molecular flexibility index (Phi) is 3.31. The molecule has 5 heteroatoms. The van der Waals surface area contributed by atoms with E-state index >= 15 is 0 Å². The Hall–Kier alpha value is -2.11. The van der Waals surface area contributed by atoms with Crippen molar-refractivity contribution in [1.29, 1.82) is 0 Å². The number of anilines is 1. The predicted octanol–water partition coefficient (Wildman–Crippen LogP) is 3.28. The normalized spacial score (nSPS) is 12.7. The molecule has 4 nitrogen and oxygen atoms in total. The van der Waals surface area contributed by atoms with Crippen LogP contribution in [-0.4, -0.2) is 15.2 Å². The number of aryl methyl sites for hydroxylation is 2. The van der Waals surface area contributed by atoms with E-state index < -0.39 is 6.10 Å². The molecule has 1 unspecified atom stereocenters. The zero-order valence-electron chi connectivity index (χ0n) is 11.8. The van der Waals surface area contributed by atoms with Crippen LogP contribution in [0.4, 0.5) is 5.69 Å². The summed E-state index contributed by atoms with van der Waals surface area (Å²) in [5, 5.41) is 20.8. The summed E-state index contributed by atoms with van der Waals surface area (Å²) in [5.41, 5.74) is 9.50. The highest BCUT2D eigenvalue weighted by Gasteiger charge is 2.20. The summed E-state index contributed by atoms with van der Waals surface area (Å²) in [4.78, 5) is 6.03. The minimum absolute atomic E-state index is 0.170. The number of hydrogen-bond acceptors (Lipinski definition) is 5. The molecule has 0 amide bonds. The van der Waals surface area contributed by atoms with E-state index in [1.807, 2.05) is 19.9 Å². The Bertz CT molecular complexity index is 809. The fourth-order valence-corrected chi connectivity index (χ4v) is 3.73. The standard InChI is InChI=1S/C16H16N2O2S/c1-8-7-9(2)18-16-12(8)13(17)15(21-16)14(20)10-3-5-11(19)6-4-10/h3-7,14,19-20H,17H2,1-2H3. The first-order valence-corrected chi connectivity index (χ1v) is 7.42. The highest BCUT2D eigenvalue weighted by atomic mass is 32.1. The van der Waals surface area contributed by atoms with Gasteiger partial charge in [-0.2, -0.15) is 0 Å². The number of aliphatic hydroxyl groups excluding tert-OH is 1. The molecule has 4 N–H and O–H groups in total. The monoisotopic (exact) mass is 300 g/mol. The van der Waals surface area contributed by atoms with Crippen LogP contribution in [0, 0.1) is 13.8 Å². The van der Waals surface area contributed by atoms with Gasteiger partial charge in [0.1, 0.15) is 16.7 Å². The average molecular weight is 300 g/mol. The van der Waals surface area contributed by atoms with E-state index in [-0.39, 0.29) is 5.75 Å². The third kappa shape index (κ3) is 2.34. The second kappa shape index (κ2) is 5.02. The van der Waals surface area contributed by atoms with Gasteiger partial charge in [0.15, 0.2) is 0 Å². The van der Waals surface area contributed by atoms with Crippen molar-refractivity contribution in [3.63, 3.8) is 0 Å². The largest absolute Gasteiger partial charge is 0.508 e. The van der Waals surface area contributed by atoms with Crippen molar-refractivity contribution in [2.75, 3.05) is 5.73 Å². The summed E-state index contributed by atoms with van der Waals surface area (Å²) in [6, 6.07) is 8.47. The number of phenolic OH excluding ortho intramolecular Hbond substituents is 1. The number of benzene rings is 1. The number of thiophene rings is 1. The van der Waals surface area contributed by atoms with Crippen LogP contribution in [0.25, 0.3) is 10.2 Å². The van der Waals surface area contributed by atoms with Crippen molar-refractivity contribution >= 4 is 27.2 Å². The van der Waals surface area contributed by atoms with Gasteiger partial charge >= 0.3 is 0 Å². The van der Waals surface area contributed by atoms with E-state index in [1.54, 1.807) is 24.3 Å². The first-order chi connectivity index (χ1) is 9.97. The van der Waals surface area contributed by atoms with E-state index in [2.05, 4.69) is 4.98 Å². The number of nitrogens with two attached hydrogens (primary N) is 1. The maximum absolute atomic E-state index is 10.5. The summed E-state index contributed by atoms with van der Waals surface area (Å²) in [6.07, 6.45) is -0.815. The van der Waals surface area contributed by atoms with Crippen LogP contribution in [0.5, 0.6) is 5.75 Å². The Morgan fingerprint density at radius 2 is 1.86 bits per heavy atom. The summed E-state index contributed by atoms with van der Waals surface area (Å²) in [6.45, 7) is 3.94. The van der Waals surface area contributed by atoms with Gasteiger partial charge in [-0.15, -0.1) is 11.3 Å². The van der Waals surface area contributed by atoms with Gasteiger partial charge in [-0.05, 0) is 43.2 Å². The minimum Gasteiger partial charge on any atom is -0.508 e. The van der Waals surface area contributed by atoms with E-state index in [0.717, 1.165) is 21.5 Å². The predicted molar refractivity (Wildman–Crippen MR) is 85.7 cm³/mol. The summed E-state index contributed by atoms with van der Waals surface area (Å²) >= 11 is 1.41. The number of aromatic nitrogens is 1. The molecular formula is C16H16N2O2S. The van der Waals surface area contributed by atoms with Gasteiger partial charge in [0.25, 0.3) is 0 Å². The lowest BCUT2D eigenvalue weighted by molar-refractivity contribution is 0.225. The van der Waals surface area contributed by atoms with Crippen molar-refractivity contribution in [2.45, 2.75) is 20.0 Å². The fourth-order valence-electron chi connectivity index (χ4n) is 2.50. The third-order valence-electron chi connectivity index (χ3n) is 3.51. The molecule has 3 aromatic rings. The van der Waals surface area contributed by atoms with Crippen LogP contribution in [0.15, 0.2) is 30.3 Å². The van der Waals surface area contributed by atoms with Gasteiger partial charge in [-0.1, -0.05) is 12.1 Å². The van der Waals surface area contributed by atoms with Crippen molar-refractivity contribution in [3.8, 4) is 5.75 Å². The molecule has 0 radical (unpaired) electrons. The lowest BCUT2D eigenvalue weighted by Crippen LogP contribution is -2.00. The fraction of sp³-hybridized carbons (Fsp3) is 0.188. The van der Waals surface area contributed by atoms with Crippen LogP contribution in [0.1, 0.15) is 27.8 Å². The van der Waals surface area contributed by atoms with Crippen LogP contribution in [0.3, 0.4) is 0 Å². The molecule has 3 rings (SSSR count). The van der Waals surface area contributed by atoms with Crippen LogP contribution in [0.2, 0.25) is 0 Å². The Balaban J connectivity index is 2.14. The molecule has 0 fully saturated rings. The van der Waals surface area contributed by atoms with E-state index in [0.29, 0.717) is 16.1 Å². The Morgan fingerprint density at radius 3 is 2.52 bits per heavy atom. The second-order valence-corrected chi connectivity index (χ2v) is 6.17. The first-order valence-electron chi connectivity index (χ1n) is 6.60. The lowest BCUT2D eigenvalue weighted by atomic mass is 10.1. The number of fused-ring (bicyclic) bond motifs is 1. The smallest absolute Gasteiger partial charge is 0.126 e. The maximum Gasteiger partial charge on any atom is 0.126 e. The zero-order valence-corrected chi connectivity index (χ0v) is 12.6. The highest BCUT2D eigenvalue weighted by Crippen LogP contribution is 2.40. The van der Waals surface area contributed by atoms with Crippen molar-refractivity contribution in [2.24, 2.45) is 0 Å². The first kappa shape index (κ1) is 13.9. The molecule has 0 aliphatic rings. The maximum atomic E-state index is 10.5. The van der Waals surface area contributed by atoms with Gasteiger partial charge < -0.3 is 15.9 Å². The summed E-state index contributed by atoms with van der Waals surface area (Å²) in [5.74, 6) is 0.170. The molecule has 0 saturated carbocycles. The molecule has 0 aliphatic carbocycles. The molecule has 1 atom stereocenters. The van der Waals surface area contributed by atoms with E-state index in [1.165, 1.54) is 11.3 Å². The van der Waals surface area contributed by atoms with Gasteiger partial charge in [0.2, 0.25) is 0 Å². The van der Waals surface area contributed by atoms with Gasteiger partial charge in [0.05, 0.1) is 10.6 Å². The number of aromatic hydroxyl groups is 1. The molecular weight excluding hydrogens is 284 g/mol. The van der Waals surface area contributed by atoms with Crippen LogP contribution < -0.4 is 5.73 Å². The van der Waals surface area contributed by atoms with Crippen molar-refractivity contribution in [3.05, 3.63) is 52.0 Å². The molecule has 0 aliphatic heterocycles. The quantitative estimate of drug-likeness (QED) is 0.678. The van der Waals surface area contributed by atoms with E-state index in [9.17, 15) is 10.2 Å². The summed E-state index contributed by atoms with van der Waals surface area (Å²) < 4.78 is 0. The second-order valence-electron chi connectivity index (χ2n) is 5.13. The zero-order chi connectivity index (χ0) is 15.1. The number of hydrogen-bond donors (Lipinski definition) is 3. The number of phenols is 1. The number of nitrogens with zero attached hydrogens (tertiary/aromatic N) is 1. The molecule has 21 heavy (non-hydrogen) atoms.